The molecule has 1 rings (SSSR count). The molecule has 0 saturated heterocycles. The van der Waals surface area contributed by atoms with E-state index in [1.54, 1.807) is 24.1 Å². The molecule has 0 radical (unpaired) electrons. The van der Waals surface area contributed by atoms with Crippen molar-refractivity contribution in [3.05, 3.63) is 29.8 Å². The SMILES string of the molecule is CC(OCc1ccc(NC(O)=S)cc1)C(C)N(C)CC(=O)O. The first-order valence-electron chi connectivity index (χ1n) is 6.92. The van der Waals surface area contributed by atoms with Crippen LogP contribution in [0, 0.1) is 0 Å². The summed E-state index contributed by atoms with van der Waals surface area (Å²) in [5, 5.41) is 20.1. The number of nitrogens with zero attached hydrogens (tertiary/aromatic N) is 1. The molecule has 0 aliphatic heterocycles. The average Bonchev–Trinajstić information content (AvgIpc) is 2.44. The number of aliphatic hydroxyl groups is 1. The fourth-order valence-corrected chi connectivity index (χ4v) is 2.01. The van der Waals surface area contributed by atoms with Gasteiger partial charge in [-0.1, -0.05) is 12.1 Å². The van der Waals surface area contributed by atoms with Gasteiger partial charge < -0.3 is 20.3 Å². The van der Waals surface area contributed by atoms with E-state index < -0.39 is 5.97 Å². The smallest absolute Gasteiger partial charge is 0.317 e. The first-order valence-corrected chi connectivity index (χ1v) is 7.33. The van der Waals surface area contributed by atoms with Crippen LogP contribution in [0.25, 0.3) is 0 Å². The number of carbonyl (C=O) groups is 1. The molecular weight excluding hydrogens is 304 g/mol. The van der Waals surface area contributed by atoms with Gasteiger partial charge in [-0.2, -0.15) is 0 Å². The molecule has 7 heteroatoms. The Morgan fingerprint density at radius 2 is 1.91 bits per heavy atom. The second-order valence-electron chi connectivity index (χ2n) is 5.19. The van der Waals surface area contributed by atoms with Crippen molar-refractivity contribution in [3.63, 3.8) is 0 Å². The van der Waals surface area contributed by atoms with E-state index in [4.69, 9.17) is 14.9 Å². The number of hydrogen-bond donors (Lipinski definition) is 3. The Labute approximate surface area is 135 Å². The van der Waals surface area contributed by atoms with E-state index >= 15 is 0 Å². The highest BCUT2D eigenvalue weighted by molar-refractivity contribution is 7.80. The highest BCUT2D eigenvalue weighted by Gasteiger charge is 2.19. The molecule has 1 aromatic rings. The van der Waals surface area contributed by atoms with E-state index in [9.17, 15) is 4.79 Å². The third-order valence-corrected chi connectivity index (χ3v) is 3.58. The van der Waals surface area contributed by atoms with Crippen molar-refractivity contribution in [2.45, 2.75) is 32.6 Å². The van der Waals surface area contributed by atoms with Crippen LogP contribution in [0.5, 0.6) is 0 Å². The zero-order chi connectivity index (χ0) is 16.7. The van der Waals surface area contributed by atoms with Crippen LogP contribution < -0.4 is 5.32 Å². The number of aliphatic hydroxyl groups excluding tert-OH is 1. The van der Waals surface area contributed by atoms with Gasteiger partial charge in [0, 0.05) is 11.7 Å². The molecule has 0 saturated carbocycles. The fraction of sp³-hybridized carbons (Fsp3) is 0.467. The zero-order valence-electron chi connectivity index (χ0n) is 12.9. The molecule has 0 aliphatic rings. The summed E-state index contributed by atoms with van der Waals surface area (Å²) in [6.45, 7) is 4.26. The molecule has 0 fully saturated rings. The van der Waals surface area contributed by atoms with Crippen molar-refractivity contribution in [1.29, 1.82) is 0 Å². The standard InChI is InChI=1S/C15H22N2O4S/c1-10(17(3)8-14(18)19)11(2)21-9-12-4-6-13(7-5-12)16-15(20)22/h4-7,10-11H,8-9H2,1-3H3,(H,18,19)(H2,16,20,22). The monoisotopic (exact) mass is 326 g/mol. The number of ether oxygens (including phenoxy) is 1. The lowest BCUT2D eigenvalue weighted by Gasteiger charge is -2.28. The number of carboxylic acid groups (broad SMARTS) is 1. The van der Waals surface area contributed by atoms with Gasteiger partial charge in [0.15, 0.2) is 0 Å². The first kappa shape index (κ1) is 18.3. The molecule has 122 valence electrons. The maximum atomic E-state index is 10.7. The summed E-state index contributed by atoms with van der Waals surface area (Å²) in [5.41, 5.74) is 1.69. The van der Waals surface area contributed by atoms with Crippen molar-refractivity contribution in [1.82, 2.24) is 4.90 Å². The minimum absolute atomic E-state index is 0.0104. The van der Waals surface area contributed by atoms with Gasteiger partial charge in [-0.15, -0.1) is 0 Å². The van der Waals surface area contributed by atoms with Crippen LogP contribution in [-0.4, -0.2) is 52.0 Å². The number of carboxylic acids is 1. The van der Waals surface area contributed by atoms with Crippen molar-refractivity contribution >= 4 is 29.0 Å². The van der Waals surface area contributed by atoms with E-state index in [1.807, 2.05) is 26.0 Å². The molecule has 0 aliphatic carbocycles. The number of likely N-dealkylation sites (N-methyl/N-ethyl adjacent to an activating group) is 1. The molecule has 0 spiro atoms. The van der Waals surface area contributed by atoms with E-state index in [0.717, 1.165) is 5.56 Å². The highest BCUT2D eigenvalue weighted by Crippen LogP contribution is 2.13. The molecular formula is C15H22N2O4S. The molecule has 0 aromatic heterocycles. The minimum Gasteiger partial charge on any atom is -0.486 e. The Kier molecular flexibility index (Phi) is 7.23. The van der Waals surface area contributed by atoms with Crippen molar-refractivity contribution in [3.8, 4) is 0 Å². The van der Waals surface area contributed by atoms with Crippen molar-refractivity contribution < 1.29 is 19.7 Å². The van der Waals surface area contributed by atoms with Gasteiger partial charge in [0.05, 0.1) is 19.3 Å². The average molecular weight is 326 g/mol. The third-order valence-electron chi connectivity index (χ3n) is 3.48. The lowest BCUT2D eigenvalue weighted by molar-refractivity contribution is -0.139. The largest absolute Gasteiger partial charge is 0.486 e. The molecule has 6 nitrogen and oxygen atoms in total. The van der Waals surface area contributed by atoms with Crippen molar-refractivity contribution in [2.75, 3.05) is 18.9 Å². The summed E-state index contributed by atoms with van der Waals surface area (Å²) in [4.78, 5) is 12.4. The summed E-state index contributed by atoms with van der Waals surface area (Å²) in [6.07, 6.45) is -0.104. The zero-order valence-corrected chi connectivity index (χ0v) is 13.8. The number of nitrogens with one attached hydrogen (secondary N) is 1. The summed E-state index contributed by atoms with van der Waals surface area (Å²) in [5.74, 6) is -0.855. The normalized spacial score (nSPS) is 13.6. The quantitative estimate of drug-likeness (QED) is 0.632. The summed E-state index contributed by atoms with van der Waals surface area (Å²) >= 11 is 4.55. The van der Waals surface area contributed by atoms with Crippen LogP contribution in [0.4, 0.5) is 5.69 Å². The van der Waals surface area contributed by atoms with E-state index in [-0.39, 0.29) is 23.9 Å². The first-order chi connectivity index (χ1) is 10.3. The summed E-state index contributed by atoms with van der Waals surface area (Å²) in [7, 11) is 1.76. The third kappa shape index (κ3) is 6.38. The van der Waals surface area contributed by atoms with Crippen LogP contribution in [0.3, 0.4) is 0 Å². The maximum absolute atomic E-state index is 10.7. The second-order valence-corrected chi connectivity index (χ2v) is 5.58. The minimum atomic E-state index is -0.855. The number of anilines is 1. The second kappa shape index (κ2) is 8.67. The van der Waals surface area contributed by atoms with E-state index in [1.165, 1.54) is 0 Å². The fourth-order valence-electron chi connectivity index (χ4n) is 1.89. The predicted octanol–water partition coefficient (Wildman–Crippen LogP) is 2.25. The van der Waals surface area contributed by atoms with Gasteiger partial charge in [0.2, 0.25) is 0 Å². The predicted molar refractivity (Wildman–Crippen MR) is 89.3 cm³/mol. The van der Waals surface area contributed by atoms with Gasteiger partial charge >= 0.3 is 5.97 Å². The molecule has 1 aromatic carbocycles. The number of benzene rings is 1. The van der Waals surface area contributed by atoms with Gasteiger partial charge in [-0.25, -0.2) is 0 Å². The summed E-state index contributed by atoms with van der Waals surface area (Å²) < 4.78 is 5.78. The molecule has 22 heavy (non-hydrogen) atoms. The Morgan fingerprint density at radius 3 is 2.41 bits per heavy atom. The molecule has 2 unspecified atom stereocenters. The van der Waals surface area contributed by atoms with Crippen LogP contribution in [0.15, 0.2) is 24.3 Å². The van der Waals surface area contributed by atoms with E-state index in [2.05, 4.69) is 17.5 Å². The number of aliphatic carboxylic acids is 1. The van der Waals surface area contributed by atoms with Crippen LogP contribution in [0.2, 0.25) is 0 Å². The number of thiocarbonyl (C=S) groups is 1. The lowest BCUT2D eigenvalue weighted by atomic mass is 10.1. The summed E-state index contributed by atoms with van der Waals surface area (Å²) in [6, 6.07) is 7.33. The molecule has 0 amide bonds. The van der Waals surface area contributed by atoms with Crippen LogP contribution in [0.1, 0.15) is 19.4 Å². The van der Waals surface area contributed by atoms with Crippen LogP contribution >= 0.6 is 12.2 Å². The van der Waals surface area contributed by atoms with Gasteiger partial charge in [0.25, 0.3) is 5.17 Å². The van der Waals surface area contributed by atoms with Crippen LogP contribution in [-0.2, 0) is 16.1 Å². The Bertz CT molecular complexity index is 507. The molecule has 2 atom stereocenters. The molecule has 0 bridgehead atoms. The molecule has 0 heterocycles. The van der Waals surface area contributed by atoms with Crippen molar-refractivity contribution in [2.24, 2.45) is 0 Å². The Hall–Kier alpha value is -1.70. The topological polar surface area (TPSA) is 82.0 Å². The number of rotatable bonds is 8. The van der Waals surface area contributed by atoms with Gasteiger partial charge in [-0.05, 0) is 50.8 Å². The lowest BCUT2D eigenvalue weighted by Crippen LogP contribution is -2.41. The van der Waals surface area contributed by atoms with E-state index in [0.29, 0.717) is 12.3 Å². The van der Waals surface area contributed by atoms with Gasteiger partial charge in [0.1, 0.15) is 0 Å². The maximum Gasteiger partial charge on any atom is 0.317 e. The Morgan fingerprint density at radius 1 is 1.32 bits per heavy atom. The number of hydrogen-bond acceptors (Lipinski definition) is 4. The Balaban J connectivity index is 2.47. The van der Waals surface area contributed by atoms with Gasteiger partial charge in [-0.3, -0.25) is 9.69 Å². The highest BCUT2D eigenvalue weighted by atomic mass is 32.1. The molecule has 3 N–H and O–H groups in total.